The highest BCUT2D eigenvalue weighted by Crippen LogP contribution is 2.27. The van der Waals surface area contributed by atoms with Gasteiger partial charge in [0.15, 0.2) is 0 Å². The van der Waals surface area contributed by atoms with Gasteiger partial charge >= 0.3 is 0 Å². The Morgan fingerprint density at radius 2 is 1.59 bits per heavy atom. The van der Waals surface area contributed by atoms with Crippen LogP contribution in [-0.4, -0.2) is 31.7 Å². The largest absolute Gasteiger partial charge is 0.322 e. The summed E-state index contributed by atoms with van der Waals surface area (Å²) in [4.78, 5) is 12.7. The third-order valence-electron chi connectivity index (χ3n) is 4.98. The molecule has 0 saturated carbocycles. The average Bonchev–Trinajstić information content (AvgIpc) is 2.61. The summed E-state index contributed by atoms with van der Waals surface area (Å²) in [6.45, 7) is 7.16. The van der Waals surface area contributed by atoms with E-state index in [0.717, 1.165) is 12.0 Å². The van der Waals surface area contributed by atoms with Crippen molar-refractivity contribution in [2.45, 2.75) is 32.1 Å². The molecule has 1 aliphatic heterocycles. The molecule has 0 radical (unpaired) electrons. The van der Waals surface area contributed by atoms with Gasteiger partial charge in [0.25, 0.3) is 5.91 Å². The summed E-state index contributed by atoms with van der Waals surface area (Å²) in [5.41, 5.74) is 2.07. The van der Waals surface area contributed by atoms with E-state index in [-0.39, 0.29) is 10.8 Å². The van der Waals surface area contributed by atoms with Crippen LogP contribution in [0.1, 0.15) is 36.2 Å². The molecule has 6 heteroatoms. The Bertz CT molecular complexity index is 913. The number of hydrogen-bond donors (Lipinski definition) is 1. The molecular weight excluding hydrogens is 360 g/mol. The summed E-state index contributed by atoms with van der Waals surface area (Å²) in [6, 6.07) is 13.7. The van der Waals surface area contributed by atoms with Crippen molar-refractivity contribution in [2.24, 2.45) is 11.8 Å². The number of nitrogens with zero attached hydrogens (tertiary/aromatic N) is 1. The lowest BCUT2D eigenvalue weighted by atomic mass is 9.94. The maximum atomic E-state index is 12.9. The minimum absolute atomic E-state index is 0.206. The summed E-state index contributed by atoms with van der Waals surface area (Å²) < 4.78 is 27.4. The van der Waals surface area contributed by atoms with Gasteiger partial charge < -0.3 is 5.32 Å². The van der Waals surface area contributed by atoms with Crippen molar-refractivity contribution in [3.8, 4) is 0 Å². The molecule has 1 fully saturated rings. The number of carbonyl (C=O) groups excluding carboxylic acids is 1. The van der Waals surface area contributed by atoms with Crippen LogP contribution < -0.4 is 5.32 Å². The molecular formula is C21H26N2O3S. The van der Waals surface area contributed by atoms with Gasteiger partial charge in [-0.2, -0.15) is 4.31 Å². The Morgan fingerprint density at radius 1 is 1.00 bits per heavy atom. The van der Waals surface area contributed by atoms with E-state index in [1.807, 2.05) is 25.1 Å². The first kappa shape index (κ1) is 19.6. The van der Waals surface area contributed by atoms with Crippen molar-refractivity contribution in [1.82, 2.24) is 4.31 Å². The van der Waals surface area contributed by atoms with Crippen molar-refractivity contribution >= 4 is 21.6 Å². The van der Waals surface area contributed by atoms with Crippen molar-refractivity contribution in [3.63, 3.8) is 0 Å². The highest BCUT2D eigenvalue weighted by atomic mass is 32.2. The third-order valence-corrected chi connectivity index (χ3v) is 6.82. The number of aryl methyl sites for hydroxylation is 1. The summed E-state index contributed by atoms with van der Waals surface area (Å²) in [5, 5.41) is 2.82. The molecule has 0 aliphatic carbocycles. The highest BCUT2D eigenvalue weighted by molar-refractivity contribution is 7.89. The SMILES string of the molecule is Cc1ccccc1C(=O)Nc1ccc(S(=O)(=O)N2C[C@@H](C)C[C@H](C)C2)cc1. The Hall–Kier alpha value is -2.18. The van der Waals surface area contributed by atoms with E-state index in [4.69, 9.17) is 0 Å². The van der Waals surface area contributed by atoms with Gasteiger partial charge in [0.05, 0.1) is 4.90 Å². The van der Waals surface area contributed by atoms with E-state index >= 15 is 0 Å². The van der Waals surface area contributed by atoms with Gasteiger partial charge in [-0.1, -0.05) is 32.0 Å². The number of nitrogens with one attached hydrogen (secondary N) is 1. The van der Waals surface area contributed by atoms with Crippen LogP contribution in [0.5, 0.6) is 0 Å². The van der Waals surface area contributed by atoms with Gasteiger partial charge in [-0.3, -0.25) is 4.79 Å². The zero-order valence-corrected chi connectivity index (χ0v) is 16.8. The second kappa shape index (κ2) is 7.82. The van der Waals surface area contributed by atoms with E-state index in [9.17, 15) is 13.2 Å². The Kier molecular flexibility index (Phi) is 5.67. The third kappa shape index (κ3) is 4.39. The number of carbonyl (C=O) groups is 1. The quantitative estimate of drug-likeness (QED) is 0.866. The molecule has 0 spiro atoms. The number of sulfonamides is 1. The highest BCUT2D eigenvalue weighted by Gasteiger charge is 2.31. The number of hydrogen-bond acceptors (Lipinski definition) is 3. The number of rotatable bonds is 4. The minimum Gasteiger partial charge on any atom is -0.322 e. The lowest BCUT2D eigenvalue weighted by Crippen LogP contribution is -2.42. The Balaban J connectivity index is 1.75. The minimum atomic E-state index is -3.51. The molecule has 0 bridgehead atoms. The van der Waals surface area contributed by atoms with Gasteiger partial charge in [0, 0.05) is 24.3 Å². The fourth-order valence-corrected chi connectivity index (χ4v) is 5.37. The van der Waals surface area contributed by atoms with Crippen LogP contribution in [0, 0.1) is 18.8 Å². The first-order chi connectivity index (χ1) is 12.8. The van der Waals surface area contributed by atoms with Crippen molar-refractivity contribution < 1.29 is 13.2 Å². The van der Waals surface area contributed by atoms with Crippen LogP contribution in [0.3, 0.4) is 0 Å². The van der Waals surface area contributed by atoms with E-state index in [1.54, 1.807) is 34.6 Å². The van der Waals surface area contributed by atoms with Gasteiger partial charge in [0.1, 0.15) is 0 Å². The number of benzene rings is 2. The Morgan fingerprint density at radius 3 is 2.19 bits per heavy atom. The molecule has 27 heavy (non-hydrogen) atoms. The molecule has 5 nitrogen and oxygen atoms in total. The maximum Gasteiger partial charge on any atom is 0.255 e. The van der Waals surface area contributed by atoms with Crippen LogP contribution in [0.15, 0.2) is 53.4 Å². The van der Waals surface area contributed by atoms with Crippen LogP contribution in [-0.2, 0) is 10.0 Å². The topological polar surface area (TPSA) is 66.5 Å². The van der Waals surface area contributed by atoms with Crippen molar-refractivity contribution in [3.05, 3.63) is 59.7 Å². The molecule has 2 atom stereocenters. The van der Waals surface area contributed by atoms with Gasteiger partial charge in [-0.15, -0.1) is 0 Å². The molecule has 0 unspecified atom stereocenters. The fourth-order valence-electron chi connectivity index (χ4n) is 3.69. The molecule has 2 aromatic rings. The monoisotopic (exact) mass is 386 g/mol. The fraction of sp³-hybridized carbons (Fsp3) is 0.381. The molecule has 3 rings (SSSR count). The van der Waals surface area contributed by atoms with Crippen molar-refractivity contribution in [2.75, 3.05) is 18.4 Å². The summed E-state index contributed by atoms with van der Waals surface area (Å²) >= 11 is 0. The van der Waals surface area contributed by atoms with Gasteiger partial charge in [0.2, 0.25) is 10.0 Å². The van der Waals surface area contributed by atoms with Gasteiger partial charge in [-0.25, -0.2) is 8.42 Å². The van der Waals surface area contributed by atoms with Crippen molar-refractivity contribution in [1.29, 1.82) is 0 Å². The van der Waals surface area contributed by atoms with Gasteiger partial charge in [-0.05, 0) is 61.1 Å². The predicted molar refractivity (Wildman–Crippen MR) is 107 cm³/mol. The zero-order valence-electron chi connectivity index (χ0n) is 16.0. The molecule has 1 amide bonds. The second-order valence-electron chi connectivity index (χ2n) is 7.56. The molecule has 1 N–H and O–H groups in total. The predicted octanol–water partition coefficient (Wildman–Crippen LogP) is 3.91. The zero-order chi connectivity index (χ0) is 19.6. The van der Waals surface area contributed by atoms with E-state index in [0.29, 0.717) is 36.2 Å². The van der Waals surface area contributed by atoms with E-state index in [2.05, 4.69) is 19.2 Å². The van der Waals surface area contributed by atoms with E-state index in [1.165, 1.54) is 0 Å². The first-order valence-electron chi connectivity index (χ1n) is 9.24. The average molecular weight is 387 g/mol. The Labute approximate surface area is 161 Å². The second-order valence-corrected chi connectivity index (χ2v) is 9.50. The normalized spacial score (nSPS) is 21.0. The number of anilines is 1. The summed E-state index contributed by atoms with van der Waals surface area (Å²) in [5.74, 6) is 0.509. The smallest absolute Gasteiger partial charge is 0.255 e. The van der Waals surface area contributed by atoms with E-state index < -0.39 is 10.0 Å². The van der Waals surface area contributed by atoms with Crippen LogP contribution >= 0.6 is 0 Å². The molecule has 0 aromatic heterocycles. The molecule has 1 heterocycles. The maximum absolute atomic E-state index is 12.9. The lowest BCUT2D eigenvalue weighted by molar-refractivity contribution is 0.102. The summed E-state index contributed by atoms with van der Waals surface area (Å²) in [6.07, 6.45) is 1.05. The number of amides is 1. The lowest BCUT2D eigenvalue weighted by Gasteiger charge is -2.34. The van der Waals surface area contributed by atoms with Crippen LogP contribution in [0.25, 0.3) is 0 Å². The molecule has 1 saturated heterocycles. The standard InChI is InChI=1S/C21H26N2O3S/c1-15-12-16(2)14-23(13-15)27(25,26)19-10-8-18(9-11-19)22-21(24)20-7-5-4-6-17(20)3/h4-11,15-16H,12-14H2,1-3H3,(H,22,24)/t15-,16-/m0/s1. The molecule has 1 aliphatic rings. The summed E-state index contributed by atoms with van der Waals surface area (Å²) in [7, 11) is -3.51. The molecule has 144 valence electrons. The van der Waals surface area contributed by atoms with Crippen LogP contribution in [0.2, 0.25) is 0 Å². The molecule has 2 aromatic carbocycles. The van der Waals surface area contributed by atoms with Crippen LogP contribution in [0.4, 0.5) is 5.69 Å². The first-order valence-corrected chi connectivity index (χ1v) is 10.7. The number of piperidine rings is 1.